The number of nitrogens with one attached hydrogen (secondary N) is 1. The number of hydrogen-bond donors (Lipinski definition) is 1. The lowest BCUT2D eigenvalue weighted by molar-refractivity contribution is -0.114. The first-order valence-corrected chi connectivity index (χ1v) is 6.91. The van der Waals surface area contributed by atoms with Crippen LogP contribution in [0.4, 0.5) is 5.82 Å². The topological polar surface area (TPSA) is 57.7 Å². The van der Waals surface area contributed by atoms with Gasteiger partial charge in [0.25, 0.3) is 0 Å². The zero-order valence-corrected chi connectivity index (χ0v) is 12.1. The highest BCUT2D eigenvalue weighted by molar-refractivity contribution is 5.87. The maximum atomic E-state index is 10.9. The minimum atomic E-state index is -0.124. The molecule has 110 valence electrons. The maximum absolute atomic E-state index is 10.9. The molecule has 1 amide bonds. The van der Waals surface area contributed by atoms with Crippen LogP contribution in [0.15, 0.2) is 18.3 Å². The van der Waals surface area contributed by atoms with Crippen LogP contribution < -0.4 is 10.1 Å². The van der Waals surface area contributed by atoms with Gasteiger partial charge in [-0.15, -0.1) is 0 Å². The standard InChI is InChI=1S/C14H22N4O2/c1-12(19)16-14-4-3-13(11-15-14)20-10-9-18-7-5-17(2)6-8-18/h3-4,11H,5-10H2,1-2H3,(H,15,16,19). The summed E-state index contributed by atoms with van der Waals surface area (Å²) in [5.74, 6) is 1.15. The number of carbonyl (C=O) groups excluding carboxylic acids is 1. The number of rotatable bonds is 5. The molecule has 1 aromatic rings. The molecule has 1 aromatic heterocycles. The van der Waals surface area contributed by atoms with Gasteiger partial charge >= 0.3 is 0 Å². The smallest absolute Gasteiger partial charge is 0.222 e. The summed E-state index contributed by atoms with van der Waals surface area (Å²) in [6.45, 7) is 7.48. The molecule has 2 heterocycles. The molecule has 0 aromatic carbocycles. The Kier molecular flexibility index (Phi) is 5.31. The second-order valence-electron chi connectivity index (χ2n) is 5.05. The Bertz CT molecular complexity index is 427. The van der Waals surface area contributed by atoms with Crippen molar-refractivity contribution in [2.24, 2.45) is 0 Å². The number of ether oxygens (including phenoxy) is 1. The normalized spacial score (nSPS) is 16.9. The van der Waals surface area contributed by atoms with Gasteiger partial charge in [0, 0.05) is 39.6 Å². The van der Waals surface area contributed by atoms with Crippen molar-refractivity contribution in [3.05, 3.63) is 18.3 Å². The monoisotopic (exact) mass is 278 g/mol. The van der Waals surface area contributed by atoms with Crippen molar-refractivity contribution in [1.82, 2.24) is 14.8 Å². The molecule has 1 aliphatic heterocycles. The Hall–Kier alpha value is -1.66. The van der Waals surface area contributed by atoms with Gasteiger partial charge < -0.3 is 15.0 Å². The number of piperazine rings is 1. The Labute approximate surface area is 119 Å². The highest BCUT2D eigenvalue weighted by Gasteiger charge is 2.13. The highest BCUT2D eigenvalue weighted by atomic mass is 16.5. The van der Waals surface area contributed by atoms with Crippen LogP contribution in [0.2, 0.25) is 0 Å². The second-order valence-corrected chi connectivity index (χ2v) is 5.05. The van der Waals surface area contributed by atoms with Crippen molar-refractivity contribution in [2.75, 3.05) is 51.7 Å². The van der Waals surface area contributed by atoms with E-state index < -0.39 is 0 Å². The van der Waals surface area contributed by atoms with Gasteiger partial charge in [0.05, 0.1) is 6.20 Å². The van der Waals surface area contributed by atoms with Gasteiger partial charge in [0.15, 0.2) is 0 Å². The van der Waals surface area contributed by atoms with E-state index in [4.69, 9.17) is 4.74 Å². The molecular weight excluding hydrogens is 256 g/mol. The van der Waals surface area contributed by atoms with Crippen LogP contribution >= 0.6 is 0 Å². The van der Waals surface area contributed by atoms with E-state index in [1.54, 1.807) is 12.3 Å². The number of nitrogens with zero attached hydrogens (tertiary/aromatic N) is 3. The summed E-state index contributed by atoms with van der Waals surface area (Å²) in [5.41, 5.74) is 0. The molecule has 0 saturated carbocycles. The summed E-state index contributed by atoms with van der Waals surface area (Å²) in [4.78, 5) is 19.7. The van der Waals surface area contributed by atoms with Crippen molar-refractivity contribution >= 4 is 11.7 Å². The lowest BCUT2D eigenvalue weighted by Crippen LogP contribution is -2.45. The fraction of sp³-hybridized carbons (Fsp3) is 0.571. The molecule has 0 spiro atoms. The van der Waals surface area contributed by atoms with Crippen LogP contribution in [0, 0.1) is 0 Å². The van der Waals surface area contributed by atoms with Crippen LogP contribution in [0.1, 0.15) is 6.92 Å². The number of hydrogen-bond acceptors (Lipinski definition) is 5. The Balaban J connectivity index is 1.70. The molecule has 6 heteroatoms. The average molecular weight is 278 g/mol. The maximum Gasteiger partial charge on any atom is 0.222 e. The van der Waals surface area contributed by atoms with Gasteiger partial charge in [-0.05, 0) is 19.2 Å². The van der Waals surface area contributed by atoms with Crippen molar-refractivity contribution < 1.29 is 9.53 Å². The molecule has 0 aliphatic carbocycles. The van der Waals surface area contributed by atoms with E-state index in [9.17, 15) is 4.79 Å². The van der Waals surface area contributed by atoms with E-state index in [0.717, 1.165) is 38.5 Å². The first-order chi connectivity index (χ1) is 9.63. The summed E-state index contributed by atoms with van der Waals surface area (Å²) in [5, 5.41) is 2.63. The van der Waals surface area contributed by atoms with Gasteiger partial charge in [-0.3, -0.25) is 9.69 Å². The van der Waals surface area contributed by atoms with Crippen molar-refractivity contribution in [3.8, 4) is 5.75 Å². The predicted molar refractivity (Wildman–Crippen MR) is 78.0 cm³/mol. The third-order valence-electron chi connectivity index (χ3n) is 3.31. The van der Waals surface area contributed by atoms with Crippen LogP contribution in [-0.2, 0) is 4.79 Å². The Morgan fingerprint density at radius 2 is 2.10 bits per heavy atom. The minimum Gasteiger partial charge on any atom is -0.491 e. The van der Waals surface area contributed by atoms with E-state index in [1.165, 1.54) is 6.92 Å². The van der Waals surface area contributed by atoms with Crippen LogP contribution in [0.3, 0.4) is 0 Å². The third-order valence-corrected chi connectivity index (χ3v) is 3.31. The fourth-order valence-electron chi connectivity index (χ4n) is 2.08. The quantitative estimate of drug-likeness (QED) is 0.858. The first kappa shape index (κ1) is 14.7. The van der Waals surface area contributed by atoms with Crippen LogP contribution in [-0.4, -0.2) is 67.1 Å². The summed E-state index contributed by atoms with van der Waals surface area (Å²) in [6.07, 6.45) is 1.63. The third kappa shape index (κ3) is 4.79. The summed E-state index contributed by atoms with van der Waals surface area (Å²) >= 11 is 0. The number of amides is 1. The van der Waals surface area contributed by atoms with E-state index in [1.807, 2.05) is 6.07 Å². The fourth-order valence-corrected chi connectivity index (χ4v) is 2.08. The summed E-state index contributed by atoms with van der Waals surface area (Å²) < 4.78 is 5.67. The first-order valence-electron chi connectivity index (χ1n) is 6.91. The lowest BCUT2D eigenvalue weighted by atomic mass is 10.3. The lowest BCUT2D eigenvalue weighted by Gasteiger charge is -2.32. The number of pyridine rings is 1. The van der Waals surface area contributed by atoms with Gasteiger partial charge in [-0.2, -0.15) is 0 Å². The Morgan fingerprint density at radius 1 is 1.35 bits per heavy atom. The van der Waals surface area contributed by atoms with Gasteiger partial charge in [-0.1, -0.05) is 0 Å². The van der Waals surface area contributed by atoms with Crippen molar-refractivity contribution in [1.29, 1.82) is 0 Å². The molecule has 1 aliphatic rings. The van der Waals surface area contributed by atoms with E-state index in [-0.39, 0.29) is 5.91 Å². The number of anilines is 1. The molecule has 0 radical (unpaired) electrons. The molecule has 20 heavy (non-hydrogen) atoms. The van der Waals surface area contributed by atoms with E-state index in [2.05, 4.69) is 27.1 Å². The van der Waals surface area contributed by atoms with Crippen LogP contribution in [0.5, 0.6) is 5.75 Å². The van der Waals surface area contributed by atoms with E-state index >= 15 is 0 Å². The molecular formula is C14H22N4O2. The predicted octanol–water partition coefficient (Wildman–Crippen LogP) is 0.666. The molecule has 0 bridgehead atoms. The minimum absolute atomic E-state index is 0.124. The van der Waals surface area contributed by atoms with E-state index in [0.29, 0.717) is 12.4 Å². The second kappa shape index (κ2) is 7.21. The molecule has 1 saturated heterocycles. The number of carbonyl (C=O) groups is 1. The van der Waals surface area contributed by atoms with Gasteiger partial charge in [0.2, 0.25) is 5.91 Å². The average Bonchev–Trinajstić information content (AvgIpc) is 2.42. The number of likely N-dealkylation sites (N-methyl/N-ethyl adjacent to an activating group) is 1. The van der Waals surface area contributed by atoms with Crippen molar-refractivity contribution in [3.63, 3.8) is 0 Å². The summed E-state index contributed by atoms with van der Waals surface area (Å²) in [7, 11) is 2.15. The summed E-state index contributed by atoms with van der Waals surface area (Å²) in [6, 6.07) is 3.56. The van der Waals surface area contributed by atoms with Gasteiger partial charge in [0.1, 0.15) is 18.2 Å². The van der Waals surface area contributed by atoms with Crippen molar-refractivity contribution in [2.45, 2.75) is 6.92 Å². The zero-order valence-electron chi connectivity index (χ0n) is 12.1. The highest BCUT2D eigenvalue weighted by Crippen LogP contribution is 2.12. The number of aromatic nitrogens is 1. The largest absolute Gasteiger partial charge is 0.491 e. The molecule has 1 N–H and O–H groups in total. The molecule has 0 atom stereocenters. The molecule has 2 rings (SSSR count). The Morgan fingerprint density at radius 3 is 2.70 bits per heavy atom. The SMILES string of the molecule is CC(=O)Nc1ccc(OCCN2CCN(C)CC2)cn1. The van der Waals surface area contributed by atoms with Gasteiger partial charge in [-0.25, -0.2) is 4.98 Å². The van der Waals surface area contributed by atoms with Crippen LogP contribution in [0.25, 0.3) is 0 Å². The molecule has 0 unspecified atom stereocenters. The zero-order chi connectivity index (χ0) is 14.4. The molecule has 6 nitrogen and oxygen atoms in total. The molecule has 1 fully saturated rings.